The molecule has 2 N–H and O–H groups in total. The quantitative estimate of drug-likeness (QED) is 0.771. The summed E-state index contributed by atoms with van der Waals surface area (Å²) in [5, 5.41) is 9.54. The lowest BCUT2D eigenvalue weighted by atomic mass is 9.90. The first-order chi connectivity index (χ1) is 6.35. The smallest absolute Gasteiger partial charge is 0.104 e. The maximum absolute atomic E-state index is 8.89. The van der Waals surface area contributed by atoms with Gasteiger partial charge < -0.3 is 5.73 Å². The molecule has 1 aromatic heterocycles. The Bertz CT molecular complexity index is 377. The molecule has 0 amide bonds. The van der Waals surface area contributed by atoms with Gasteiger partial charge >= 0.3 is 0 Å². The molecule has 0 radical (unpaired) electrons. The predicted molar refractivity (Wildman–Crippen MR) is 61.3 cm³/mol. The molecule has 76 valence electrons. The van der Waals surface area contributed by atoms with Crippen LogP contribution in [-0.4, -0.2) is 0 Å². The number of nitrogen functional groups attached to an aromatic ring is 1. The van der Waals surface area contributed by atoms with E-state index in [0.29, 0.717) is 10.6 Å². The van der Waals surface area contributed by atoms with E-state index in [4.69, 9.17) is 11.0 Å². The van der Waals surface area contributed by atoms with Gasteiger partial charge in [0.15, 0.2) is 0 Å². The van der Waals surface area contributed by atoms with Crippen LogP contribution >= 0.6 is 11.3 Å². The van der Waals surface area contributed by atoms with Crippen LogP contribution in [0.5, 0.6) is 0 Å². The maximum atomic E-state index is 8.89. The van der Waals surface area contributed by atoms with Crippen molar-refractivity contribution in [3.63, 3.8) is 0 Å². The van der Waals surface area contributed by atoms with E-state index >= 15 is 0 Å². The van der Waals surface area contributed by atoms with Crippen molar-refractivity contribution in [1.29, 1.82) is 5.26 Å². The third-order valence-electron chi connectivity index (χ3n) is 2.08. The maximum Gasteiger partial charge on any atom is 0.104 e. The standard InChI is InChI=1S/C11H16N2S/c1-7-8(6-12)10(13)14-9(7)5-11(2,3)4/h5,13H2,1-4H3. The monoisotopic (exact) mass is 208 g/mol. The van der Waals surface area contributed by atoms with Gasteiger partial charge in [-0.1, -0.05) is 20.8 Å². The zero-order valence-electron chi connectivity index (χ0n) is 9.14. The highest BCUT2D eigenvalue weighted by molar-refractivity contribution is 7.16. The lowest BCUT2D eigenvalue weighted by Gasteiger charge is -2.17. The molecule has 0 saturated heterocycles. The van der Waals surface area contributed by atoms with E-state index in [-0.39, 0.29) is 5.41 Å². The summed E-state index contributed by atoms with van der Waals surface area (Å²) in [7, 11) is 0. The summed E-state index contributed by atoms with van der Waals surface area (Å²) >= 11 is 1.55. The van der Waals surface area contributed by atoms with E-state index in [1.54, 1.807) is 11.3 Å². The van der Waals surface area contributed by atoms with Crippen molar-refractivity contribution in [3.05, 3.63) is 16.0 Å². The number of hydrogen-bond donors (Lipinski definition) is 1. The molecular weight excluding hydrogens is 192 g/mol. The van der Waals surface area contributed by atoms with Gasteiger partial charge in [0.2, 0.25) is 0 Å². The van der Waals surface area contributed by atoms with E-state index in [1.807, 2.05) is 6.92 Å². The first-order valence-corrected chi connectivity index (χ1v) is 5.44. The summed E-state index contributed by atoms with van der Waals surface area (Å²) in [6, 6.07) is 2.16. The molecule has 3 heteroatoms. The zero-order valence-corrected chi connectivity index (χ0v) is 9.96. The van der Waals surface area contributed by atoms with Crippen LogP contribution in [0.2, 0.25) is 0 Å². The second kappa shape index (κ2) is 3.62. The SMILES string of the molecule is Cc1c(CC(C)(C)C)sc(N)c1C#N. The lowest BCUT2D eigenvalue weighted by molar-refractivity contribution is 0.414. The number of rotatable bonds is 1. The molecule has 0 aliphatic heterocycles. The van der Waals surface area contributed by atoms with Gasteiger partial charge in [-0.3, -0.25) is 0 Å². The van der Waals surface area contributed by atoms with Crippen LogP contribution in [0.25, 0.3) is 0 Å². The molecule has 0 aromatic carbocycles. The molecule has 0 aliphatic carbocycles. The topological polar surface area (TPSA) is 49.8 Å². The van der Waals surface area contributed by atoms with Crippen LogP contribution in [0.4, 0.5) is 5.00 Å². The normalized spacial score (nSPS) is 11.4. The van der Waals surface area contributed by atoms with E-state index in [2.05, 4.69) is 26.8 Å². The molecule has 14 heavy (non-hydrogen) atoms. The number of hydrogen-bond acceptors (Lipinski definition) is 3. The molecule has 1 aromatic rings. The molecule has 2 nitrogen and oxygen atoms in total. The molecule has 0 bridgehead atoms. The molecule has 1 heterocycles. The van der Waals surface area contributed by atoms with Crippen LogP contribution in [0, 0.1) is 23.7 Å². The Morgan fingerprint density at radius 1 is 1.43 bits per heavy atom. The fourth-order valence-corrected chi connectivity index (χ4v) is 2.70. The highest BCUT2D eigenvalue weighted by Gasteiger charge is 2.18. The zero-order chi connectivity index (χ0) is 10.9. The first-order valence-electron chi connectivity index (χ1n) is 4.63. The van der Waals surface area contributed by atoms with Crippen LogP contribution in [0.3, 0.4) is 0 Å². The number of nitrogens with zero attached hydrogens (tertiary/aromatic N) is 1. The molecule has 0 saturated carbocycles. The van der Waals surface area contributed by atoms with Crippen LogP contribution in [0.1, 0.15) is 36.8 Å². The van der Waals surface area contributed by atoms with Gasteiger partial charge in [-0.15, -0.1) is 11.3 Å². The summed E-state index contributed by atoms with van der Waals surface area (Å²) in [4.78, 5) is 1.24. The van der Waals surface area contributed by atoms with Gasteiger partial charge in [-0.05, 0) is 24.3 Å². The second-order valence-corrected chi connectivity index (χ2v) is 5.88. The molecular formula is C11H16N2S. The Kier molecular flexibility index (Phi) is 2.86. The van der Waals surface area contributed by atoms with Crippen molar-refractivity contribution in [2.75, 3.05) is 5.73 Å². The average molecular weight is 208 g/mol. The van der Waals surface area contributed by atoms with E-state index in [9.17, 15) is 0 Å². The Balaban J connectivity index is 3.08. The molecule has 0 atom stereocenters. The largest absolute Gasteiger partial charge is 0.389 e. The number of nitriles is 1. The Labute approximate surface area is 89.4 Å². The number of thiophene rings is 1. The lowest BCUT2D eigenvalue weighted by Crippen LogP contribution is -2.08. The fourth-order valence-electron chi connectivity index (χ4n) is 1.37. The number of nitrogens with two attached hydrogens (primary N) is 1. The van der Waals surface area contributed by atoms with Gasteiger partial charge in [0, 0.05) is 4.88 Å². The van der Waals surface area contributed by atoms with Crippen molar-refractivity contribution in [1.82, 2.24) is 0 Å². The van der Waals surface area contributed by atoms with E-state index < -0.39 is 0 Å². The second-order valence-electron chi connectivity index (χ2n) is 4.74. The molecule has 0 spiro atoms. The predicted octanol–water partition coefficient (Wildman–Crippen LogP) is 3.10. The Hall–Kier alpha value is -1.01. The number of anilines is 1. The minimum absolute atomic E-state index is 0.245. The summed E-state index contributed by atoms with van der Waals surface area (Å²) in [5.41, 5.74) is 7.73. The minimum Gasteiger partial charge on any atom is -0.389 e. The Morgan fingerprint density at radius 2 is 2.00 bits per heavy atom. The molecule has 1 rings (SSSR count). The highest BCUT2D eigenvalue weighted by atomic mass is 32.1. The minimum atomic E-state index is 0.245. The van der Waals surface area contributed by atoms with Crippen molar-refractivity contribution in [3.8, 4) is 6.07 Å². The van der Waals surface area contributed by atoms with Gasteiger partial charge in [0.05, 0.1) is 5.56 Å². The van der Waals surface area contributed by atoms with E-state index in [1.165, 1.54) is 4.88 Å². The summed E-state index contributed by atoms with van der Waals surface area (Å²) < 4.78 is 0. The van der Waals surface area contributed by atoms with Gasteiger partial charge in [-0.25, -0.2) is 0 Å². The van der Waals surface area contributed by atoms with E-state index in [0.717, 1.165) is 12.0 Å². The fraction of sp³-hybridized carbons (Fsp3) is 0.545. The molecule has 0 fully saturated rings. The summed E-state index contributed by atoms with van der Waals surface area (Å²) in [6.07, 6.45) is 0.982. The van der Waals surface area contributed by atoms with Crippen LogP contribution < -0.4 is 5.73 Å². The Morgan fingerprint density at radius 3 is 2.36 bits per heavy atom. The summed E-state index contributed by atoms with van der Waals surface area (Å²) in [5.74, 6) is 0. The highest BCUT2D eigenvalue weighted by Crippen LogP contribution is 2.34. The third kappa shape index (κ3) is 2.27. The molecule has 0 aliphatic rings. The van der Waals surface area contributed by atoms with Gasteiger partial charge in [0.25, 0.3) is 0 Å². The average Bonchev–Trinajstić information content (AvgIpc) is 2.24. The van der Waals surface area contributed by atoms with Gasteiger partial charge in [-0.2, -0.15) is 5.26 Å². The third-order valence-corrected chi connectivity index (χ3v) is 3.20. The van der Waals surface area contributed by atoms with Crippen molar-refractivity contribution >= 4 is 16.3 Å². The first kappa shape index (κ1) is 11.1. The van der Waals surface area contributed by atoms with Gasteiger partial charge in [0.1, 0.15) is 11.1 Å². The molecule has 0 unspecified atom stereocenters. The van der Waals surface area contributed by atoms with Crippen LogP contribution in [-0.2, 0) is 6.42 Å². The summed E-state index contributed by atoms with van der Waals surface area (Å²) in [6.45, 7) is 8.55. The van der Waals surface area contributed by atoms with Crippen molar-refractivity contribution in [2.45, 2.75) is 34.1 Å². The van der Waals surface area contributed by atoms with Crippen molar-refractivity contribution in [2.24, 2.45) is 5.41 Å². The van der Waals surface area contributed by atoms with Crippen LogP contribution in [0.15, 0.2) is 0 Å². The van der Waals surface area contributed by atoms with Crippen molar-refractivity contribution < 1.29 is 0 Å².